The van der Waals surface area contributed by atoms with Gasteiger partial charge in [-0.15, -0.1) is 0 Å². The number of amidine groups is 1. The number of rotatable bonds is 3. The van der Waals surface area contributed by atoms with Crippen molar-refractivity contribution in [2.75, 3.05) is 14.1 Å². The fraction of sp³-hybridized carbons (Fsp3) is 0.375. The Morgan fingerprint density at radius 2 is 2.09 bits per heavy atom. The van der Waals surface area contributed by atoms with E-state index in [1.165, 1.54) is 11.9 Å². The summed E-state index contributed by atoms with van der Waals surface area (Å²) in [6, 6.07) is 3.25. The second-order valence-electron chi connectivity index (χ2n) is 5.45. The van der Waals surface area contributed by atoms with Crippen LogP contribution in [0.2, 0.25) is 0 Å². The van der Waals surface area contributed by atoms with Crippen molar-refractivity contribution in [3.63, 3.8) is 0 Å². The first-order valence-corrected chi connectivity index (χ1v) is 7.43. The van der Waals surface area contributed by atoms with Gasteiger partial charge < -0.3 is 4.42 Å². The normalized spacial score (nSPS) is 23.1. The average molecular weight is 314 g/mol. The molecule has 0 bridgehead atoms. The molecule has 2 aliphatic heterocycles. The van der Waals surface area contributed by atoms with Crippen LogP contribution in [0.4, 0.5) is 4.79 Å². The van der Waals surface area contributed by atoms with Crippen LogP contribution >= 0.6 is 0 Å². The molecule has 1 saturated heterocycles. The Labute approximate surface area is 134 Å². The highest BCUT2D eigenvalue weighted by molar-refractivity contribution is 6.33. The van der Waals surface area contributed by atoms with E-state index in [1.54, 1.807) is 25.6 Å². The van der Waals surface area contributed by atoms with Gasteiger partial charge in [0.15, 0.2) is 0 Å². The molecule has 7 nitrogen and oxygen atoms in total. The fourth-order valence-electron chi connectivity index (χ4n) is 2.74. The van der Waals surface area contributed by atoms with Crippen molar-refractivity contribution in [1.29, 1.82) is 0 Å². The van der Waals surface area contributed by atoms with E-state index in [9.17, 15) is 9.59 Å². The summed E-state index contributed by atoms with van der Waals surface area (Å²) in [7, 11) is 3.10. The van der Waals surface area contributed by atoms with Crippen molar-refractivity contribution in [3.8, 4) is 0 Å². The first-order chi connectivity index (χ1) is 11.0. The van der Waals surface area contributed by atoms with Gasteiger partial charge >= 0.3 is 6.03 Å². The zero-order valence-electron chi connectivity index (χ0n) is 13.3. The number of amides is 3. The van der Waals surface area contributed by atoms with Crippen molar-refractivity contribution in [1.82, 2.24) is 9.80 Å². The van der Waals surface area contributed by atoms with E-state index in [0.717, 1.165) is 16.2 Å². The van der Waals surface area contributed by atoms with E-state index >= 15 is 0 Å². The second kappa shape index (κ2) is 5.83. The maximum absolute atomic E-state index is 12.6. The molecule has 3 rings (SSSR count). The Balaban J connectivity index is 2.02. The van der Waals surface area contributed by atoms with Gasteiger partial charge in [-0.25, -0.2) is 9.79 Å². The van der Waals surface area contributed by atoms with Crippen LogP contribution < -0.4 is 0 Å². The maximum Gasteiger partial charge on any atom is 0.331 e. The van der Waals surface area contributed by atoms with Crippen molar-refractivity contribution in [2.24, 2.45) is 15.9 Å². The second-order valence-corrected chi connectivity index (χ2v) is 5.45. The van der Waals surface area contributed by atoms with Crippen LogP contribution in [0.25, 0.3) is 0 Å². The summed E-state index contributed by atoms with van der Waals surface area (Å²) < 4.78 is 5.30. The molecule has 1 atom stereocenters. The number of nitrogens with zero attached hydrogens (tertiary/aromatic N) is 4. The number of furan rings is 1. The third-order valence-corrected chi connectivity index (χ3v) is 4.07. The summed E-state index contributed by atoms with van der Waals surface area (Å²) in [5.41, 5.74) is 1.56. The van der Waals surface area contributed by atoms with E-state index in [4.69, 9.17) is 4.42 Å². The van der Waals surface area contributed by atoms with Crippen LogP contribution in [0.5, 0.6) is 0 Å². The fourth-order valence-corrected chi connectivity index (χ4v) is 2.74. The zero-order valence-corrected chi connectivity index (χ0v) is 13.3. The molecule has 0 aromatic carbocycles. The first kappa shape index (κ1) is 15.2. The molecule has 0 N–H and O–H groups in total. The number of urea groups is 1. The number of carbonyl (C=O) groups excluding carboxylic acids is 2. The Kier molecular flexibility index (Phi) is 3.85. The molecular formula is C16H18N4O3. The number of hydrogen-bond acceptors (Lipinski definition) is 5. The molecule has 3 amide bonds. The summed E-state index contributed by atoms with van der Waals surface area (Å²) in [6.07, 6.45) is 3.99. The summed E-state index contributed by atoms with van der Waals surface area (Å²) >= 11 is 0. The molecule has 0 radical (unpaired) electrons. The molecular weight excluding hydrogens is 296 g/mol. The minimum Gasteiger partial charge on any atom is -0.467 e. The molecule has 120 valence electrons. The number of carbonyl (C=O) groups is 2. The SMILES string of the molecule is CCC1=CN=C2C(C(=O)N(C)C(=O)N2C)C1=NCc1ccco1. The van der Waals surface area contributed by atoms with Crippen LogP contribution in [0.3, 0.4) is 0 Å². The van der Waals surface area contributed by atoms with Crippen LogP contribution in [0, 0.1) is 5.92 Å². The molecule has 0 saturated carbocycles. The van der Waals surface area contributed by atoms with E-state index in [0.29, 0.717) is 24.5 Å². The van der Waals surface area contributed by atoms with Gasteiger partial charge in [-0.3, -0.25) is 19.6 Å². The van der Waals surface area contributed by atoms with Gasteiger partial charge in [0.1, 0.15) is 17.5 Å². The van der Waals surface area contributed by atoms with Crippen molar-refractivity contribution in [3.05, 3.63) is 35.9 Å². The van der Waals surface area contributed by atoms with Crippen LogP contribution in [0.15, 0.2) is 44.6 Å². The van der Waals surface area contributed by atoms with Crippen molar-refractivity contribution in [2.45, 2.75) is 19.9 Å². The summed E-state index contributed by atoms with van der Waals surface area (Å²) in [4.78, 5) is 36.1. The first-order valence-electron chi connectivity index (χ1n) is 7.43. The largest absolute Gasteiger partial charge is 0.467 e. The minimum atomic E-state index is -0.641. The molecule has 1 fully saturated rings. The van der Waals surface area contributed by atoms with Crippen LogP contribution in [-0.4, -0.2) is 47.4 Å². The van der Waals surface area contributed by atoms with Gasteiger partial charge in [0.25, 0.3) is 0 Å². The lowest BCUT2D eigenvalue weighted by molar-refractivity contribution is -0.128. The van der Waals surface area contributed by atoms with Crippen molar-refractivity contribution >= 4 is 23.5 Å². The Morgan fingerprint density at radius 3 is 2.74 bits per heavy atom. The van der Waals surface area contributed by atoms with Crippen LogP contribution in [-0.2, 0) is 11.3 Å². The van der Waals surface area contributed by atoms with Gasteiger partial charge in [-0.05, 0) is 24.1 Å². The lowest BCUT2D eigenvalue weighted by atomic mass is 9.89. The Hall–Kier alpha value is -2.70. The summed E-state index contributed by atoms with van der Waals surface area (Å²) in [6.45, 7) is 2.33. The lowest BCUT2D eigenvalue weighted by Crippen LogP contribution is -2.59. The topological polar surface area (TPSA) is 78.5 Å². The third-order valence-electron chi connectivity index (χ3n) is 4.07. The highest BCUT2D eigenvalue weighted by atomic mass is 16.3. The Morgan fingerprint density at radius 1 is 1.30 bits per heavy atom. The van der Waals surface area contributed by atoms with E-state index in [-0.39, 0.29) is 11.9 Å². The molecule has 1 unspecified atom stereocenters. The maximum atomic E-state index is 12.6. The van der Waals surface area contributed by atoms with Gasteiger partial charge in [0.05, 0.1) is 18.5 Å². The minimum absolute atomic E-state index is 0.302. The number of fused-ring (bicyclic) bond motifs is 1. The highest BCUT2D eigenvalue weighted by Crippen LogP contribution is 2.27. The lowest BCUT2D eigenvalue weighted by Gasteiger charge is -2.37. The molecule has 1 aromatic heterocycles. The molecule has 3 heterocycles. The number of imide groups is 1. The van der Waals surface area contributed by atoms with Gasteiger partial charge in [-0.2, -0.15) is 0 Å². The highest BCUT2D eigenvalue weighted by Gasteiger charge is 2.45. The van der Waals surface area contributed by atoms with E-state index in [1.807, 2.05) is 13.0 Å². The van der Waals surface area contributed by atoms with Gasteiger partial charge in [-0.1, -0.05) is 6.92 Å². The molecule has 1 aromatic rings. The zero-order chi connectivity index (χ0) is 16.6. The molecule has 2 aliphatic rings. The van der Waals surface area contributed by atoms with Crippen molar-refractivity contribution < 1.29 is 14.0 Å². The number of hydrogen-bond donors (Lipinski definition) is 0. The average Bonchev–Trinajstić information content (AvgIpc) is 3.08. The van der Waals surface area contributed by atoms with Gasteiger partial charge in [0, 0.05) is 20.3 Å². The quantitative estimate of drug-likeness (QED) is 0.856. The van der Waals surface area contributed by atoms with Gasteiger partial charge in [0.2, 0.25) is 5.91 Å². The monoisotopic (exact) mass is 314 g/mol. The molecule has 0 aliphatic carbocycles. The van der Waals surface area contributed by atoms with E-state index in [2.05, 4.69) is 9.98 Å². The van der Waals surface area contributed by atoms with Crippen LogP contribution in [0.1, 0.15) is 19.1 Å². The summed E-state index contributed by atoms with van der Waals surface area (Å²) in [5.74, 6) is 0.202. The molecule has 23 heavy (non-hydrogen) atoms. The number of allylic oxidation sites excluding steroid dienone is 1. The molecule has 0 spiro atoms. The predicted octanol–water partition coefficient (Wildman–Crippen LogP) is 2.07. The number of aliphatic imine (C=N–C) groups is 2. The smallest absolute Gasteiger partial charge is 0.331 e. The Bertz CT molecular complexity index is 731. The standard InChI is InChI=1S/C16H18N4O3/c1-4-10-8-18-14-12(15(21)20(3)16(22)19(14)2)13(10)17-9-11-6-5-7-23-11/h5-8,12H,4,9H2,1-3H3. The predicted molar refractivity (Wildman–Crippen MR) is 85.1 cm³/mol. The third kappa shape index (κ3) is 2.48. The van der Waals surface area contributed by atoms with E-state index < -0.39 is 5.92 Å². The molecule has 7 heteroatoms. The summed E-state index contributed by atoms with van der Waals surface area (Å²) in [5, 5.41) is 0.